The maximum absolute atomic E-state index is 8.24. The van der Waals surface area contributed by atoms with Gasteiger partial charge in [-0.15, -0.1) is 0 Å². The monoisotopic (exact) mass is 169 g/mol. The van der Waals surface area contributed by atoms with Crippen LogP contribution in [0.4, 0.5) is 0 Å². The highest BCUT2D eigenvalue weighted by Gasteiger charge is 1.98. The van der Waals surface area contributed by atoms with Gasteiger partial charge in [0.25, 0.3) is 0 Å². The van der Waals surface area contributed by atoms with Gasteiger partial charge in [-0.1, -0.05) is 19.0 Å². The van der Waals surface area contributed by atoms with Crippen LogP contribution in [0.5, 0.6) is 0 Å². The van der Waals surface area contributed by atoms with E-state index in [9.17, 15) is 0 Å². The van der Waals surface area contributed by atoms with Crippen LogP contribution in [0.3, 0.4) is 0 Å². The molecule has 0 atom stereocenters. The third-order valence-corrected chi connectivity index (χ3v) is 1.22. The standard InChI is InChI=1S/C6H9N3O.C2H6/c1-4-2-3-5(8-4)6(7)9-10;1-2/h2-3,8,10H,1H3,(H2,7,9);1-2H3. The first kappa shape index (κ1) is 10.6. The van der Waals surface area contributed by atoms with E-state index in [1.807, 2.05) is 26.8 Å². The molecule has 0 aliphatic carbocycles. The van der Waals surface area contributed by atoms with Crippen LogP contribution in [0.2, 0.25) is 0 Å². The molecule has 0 spiro atoms. The molecule has 68 valence electrons. The third-order valence-electron chi connectivity index (χ3n) is 1.22. The van der Waals surface area contributed by atoms with Crippen LogP contribution >= 0.6 is 0 Å². The van der Waals surface area contributed by atoms with Crippen molar-refractivity contribution in [3.8, 4) is 0 Å². The molecule has 0 aliphatic heterocycles. The third kappa shape index (κ3) is 2.65. The van der Waals surface area contributed by atoms with E-state index in [-0.39, 0.29) is 5.84 Å². The van der Waals surface area contributed by atoms with Crippen molar-refractivity contribution in [2.24, 2.45) is 10.9 Å². The van der Waals surface area contributed by atoms with Gasteiger partial charge in [0.05, 0.1) is 5.69 Å². The Morgan fingerprint density at radius 2 is 2.08 bits per heavy atom. The van der Waals surface area contributed by atoms with Crippen LogP contribution < -0.4 is 5.73 Å². The van der Waals surface area contributed by atoms with Crippen molar-refractivity contribution in [3.63, 3.8) is 0 Å². The molecule has 1 heterocycles. The van der Waals surface area contributed by atoms with E-state index in [4.69, 9.17) is 10.9 Å². The minimum atomic E-state index is 0.105. The minimum absolute atomic E-state index is 0.105. The van der Waals surface area contributed by atoms with Crippen molar-refractivity contribution < 1.29 is 5.21 Å². The number of nitrogens with zero attached hydrogens (tertiary/aromatic N) is 1. The average Bonchev–Trinajstić information content (AvgIpc) is 2.54. The Balaban J connectivity index is 0.000000561. The Bertz CT molecular complexity index is 253. The summed E-state index contributed by atoms with van der Waals surface area (Å²) in [5.41, 5.74) is 6.90. The van der Waals surface area contributed by atoms with Gasteiger partial charge in [0, 0.05) is 5.69 Å². The highest BCUT2D eigenvalue weighted by Crippen LogP contribution is 1.98. The van der Waals surface area contributed by atoms with Gasteiger partial charge in [-0.3, -0.25) is 0 Å². The van der Waals surface area contributed by atoms with Crippen molar-refractivity contribution in [2.45, 2.75) is 20.8 Å². The van der Waals surface area contributed by atoms with E-state index >= 15 is 0 Å². The smallest absolute Gasteiger partial charge is 0.186 e. The Labute approximate surface area is 72.1 Å². The summed E-state index contributed by atoms with van der Waals surface area (Å²) in [7, 11) is 0. The predicted octanol–water partition coefficient (Wildman–Crippen LogP) is 1.44. The summed E-state index contributed by atoms with van der Waals surface area (Å²) in [4.78, 5) is 2.91. The molecule has 4 nitrogen and oxygen atoms in total. The Hall–Kier alpha value is -1.45. The van der Waals surface area contributed by atoms with Crippen LogP contribution in [0.15, 0.2) is 17.3 Å². The zero-order valence-electron chi connectivity index (χ0n) is 7.63. The topological polar surface area (TPSA) is 74.4 Å². The van der Waals surface area contributed by atoms with Gasteiger partial charge in [0.15, 0.2) is 5.84 Å². The predicted molar refractivity (Wildman–Crippen MR) is 49.4 cm³/mol. The molecule has 12 heavy (non-hydrogen) atoms. The molecule has 0 unspecified atom stereocenters. The maximum atomic E-state index is 8.24. The lowest BCUT2D eigenvalue weighted by atomic mass is 10.4. The number of H-pyrrole nitrogens is 1. The highest BCUT2D eigenvalue weighted by molar-refractivity contribution is 5.95. The molecule has 0 amide bonds. The van der Waals surface area contributed by atoms with Crippen molar-refractivity contribution in [3.05, 3.63) is 23.5 Å². The summed E-state index contributed by atoms with van der Waals surface area (Å²) in [5.74, 6) is 0.105. The lowest BCUT2D eigenvalue weighted by Gasteiger charge is -1.90. The number of aromatic amines is 1. The number of aromatic nitrogens is 1. The van der Waals surface area contributed by atoms with E-state index in [1.165, 1.54) is 0 Å². The molecule has 1 aromatic heterocycles. The summed E-state index contributed by atoms with van der Waals surface area (Å²) < 4.78 is 0. The van der Waals surface area contributed by atoms with Gasteiger partial charge in [-0.25, -0.2) is 0 Å². The number of nitrogens with one attached hydrogen (secondary N) is 1. The lowest BCUT2D eigenvalue weighted by molar-refractivity contribution is 0.318. The van der Waals surface area contributed by atoms with E-state index in [0.717, 1.165) is 5.69 Å². The largest absolute Gasteiger partial charge is 0.409 e. The molecule has 0 bridgehead atoms. The van der Waals surface area contributed by atoms with Crippen molar-refractivity contribution in [2.75, 3.05) is 0 Å². The fourth-order valence-corrected chi connectivity index (χ4v) is 0.707. The summed E-state index contributed by atoms with van der Waals surface area (Å²) in [5, 5.41) is 11.1. The fraction of sp³-hybridized carbons (Fsp3) is 0.375. The average molecular weight is 169 g/mol. The number of aryl methyl sites for hydroxylation is 1. The van der Waals surface area contributed by atoms with Crippen molar-refractivity contribution >= 4 is 5.84 Å². The zero-order chi connectivity index (χ0) is 9.56. The lowest BCUT2D eigenvalue weighted by Crippen LogP contribution is -2.13. The number of oxime groups is 1. The second kappa shape index (κ2) is 5.23. The Kier molecular flexibility index (Phi) is 4.60. The first-order chi connectivity index (χ1) is 5.74. The van der Waals surface area contributed by atoms with Crippen LogP contribution in [0.1, 0.15) is 25.2 Å². The van der Waals surface area contributed by atoms with Gasteiger partial charge in [-0.2, -0.15) is 0 Å². The summed E-state index contributed by atoms with van der Waals surface area (Å²) in [6.07, 6.45) is 0. The second-order valence-corrected chi connectivity index (χ2v) is 2.04. The van der Waals surface area contributed by atoms with E-state index in [2.05, 4.69) is 10.1 Å². The molecule has 4 heteroatoms. The summed E-state index contributed by atoms with van der Waals surface area (Å²) in [6, 6.07) is 3.61. The molecule has 1 aromatic rings. The minimum Gasteiger partial charge on any atom is -0.409 e. The molecule has 0 radical (unpaired) electrons. The SMILES string of the molecule is CC.Cc1ccc(/C(N)=N/O)[nH]1. The Morgan fingerprint density at radius 3 is 2.42 bits per heavy atom. The highest BCUT2D eigenvalue weighted by atomic mass is 16.4. The molecule has 0 aromatic carbocycles. The van der Waals surface area contributed by atoms with Gasteiger partial charge in [0.2, 0.25) is 0 Å². The molecule has 0 fully saturated rings. The number of nitrogens with two attached hydrogens (primary N) is 1. The quantitative estimate of drug-likeness (QED) is 0.257. The van der Waals surface area contributed by atoms with Crippen LogP contribution in [0, 0.1) is 6.92 Å². The van der Waals surface area contributed by atoms with Crippen LogP contribution in [-0.2, 0) is 0 Å². The number of hydrogen-bond donors (Lipinski definition) is 3. The van der Waals surface area contributed by atoms with Crippen molar-refractivity contribution in [1.29, 1.82) is 0 Å². The number of amidine groups is 1. The normalized spacial score (nSPS) is 10.4. The maximum Gasteiger partial charge on any atom is 0.186 e. The van der Waals surface area contributed by atoms with E-state index in [0.29, 0.717) is 5.69 Å². The van der Waals surface area contributed by atoms with Gasteiger partial charge < -0.3 is 15.9 Å². The molecular formula is C8H15N3O. The van der Waals surface area contributed by atoms with E-state index in [1.54, 1.807) is 6.07 Å². The van der Waals surface area contributed by atoms with Gasteiger partial charge in [-0.05, 0) is 19.1 Å². The molecule has 0 saturated heterocycles. The summed E-state index contributed by atoms with van der Waals surface area (Å²) >= 11 is 0. The van der Waals surface area contributed by atoms with E-state index < -0.39 is 0 Å². The molecule has 4 N–H and O–H groups in total. The Morgan fingerprint density at radius 1 is 1.50 bits per heavy atom. The molecule has 1 rings (SSSR count). The second-order valence-electron chi connectivity index (χ2n) is 2.04. The van der Waals surface area contributed by atoms with Crippen molar-refractivity contribution in [1.82, 2.24) is 4.98 Å². The van der Waals surface area contributed by atoms with Gasteiger partial charge >= 0.3 is 0 Å². The first-order valence-electron chi connectivity index (χ1n) is 3.87. The summed E-state index contributed by atoms with van der Waals surface area (Å²) in [6.45, 7) is 5.90. The fourth-order valence-electron chi connectivity index (χ4n) is 0.707. The zero-order valence-corrected chi connectivity index (χ0v) is 7.63. The van der Waals surface area contributed by atoms with Crippen LogP contribution in [0.25, 0.3) is 0 Å². The molecule has 0 saturated carbocycles. The number of hydrogen-bond acceptors (Lipinski definition) is 2. The molecule has 0 aliphatic rings. The molecular weight excluding hydrogens is 154 g/mol. The van der Waals surface area contributed by atoms with Crippen LogP contribution in [-0.4, -0.2) is 16.0 Å². The van der Waals surface area contributed by atoms with Gasteiger partial charge in [0.1, 0.15) is 0 Å². The first-order valence-corrected chi connectivity index (χ1v) is 3.87. The number of rotatable bonds is 1.